The lowest BCUT2D eigenvalue weighted by atomic mass is 10.2. The average molecular weight is 269 g/mol. The number of anilines is 1. The Bertz CT molecular complexity index is 397. The lowest BCUT2D eigenvalue weighted by molar-refractivity contribution is -0.274. The van der Waals surface area contributed by atoms with E-state index in [2.05, 4.69) is 10.1 Å². The van der Waals surface area contributed by atoms with Gasteiger partial charge in [-0.1, -0.05) is 0 Å². The number of nitrogens with one attached hydrogen (secondary N) is 1. The number of ether oxygens (including phenoxy) is 1. The lowest BCUT2D eigenvalue weighted by Gasteiger charge is -2.13. The number of benzene rings is 1. The van der Waals surface area contributed by atoms with E-state index < -0.39 is 30.6 Å². The van der Waals surface area contributed by atoms with Crippen LogP contribution in [0.4, 0.5) is 23.2 Å². The highest BCUT2D eigenvalue weighted by Crippen LogP contribution is 2.26. The molecule has 0 aromatic heterocycles. The highest BCUT2D eigenvalue weighted by atomic mass is 19.4. The maximum absolute atomic E-state index is 13.3. The van der Waals surface area contributed by atoms with Gasteiger partial charge in [-0.15, -0.1) is 13.2 Å². The van der Waals surface area contributed by atoms with Crippen LogP contribution in [0, 0.1) is 5.82 Å². The van der Waals surface area contributed by atoms with Crippen LogP contribution in [0.5, 0.6) is 5.75 Å². The summed E-state index contributed by atoms with van der Waals surface area (Å²) in [5, 5.41) is 20.0. The molecule has 0 fully saturated rings. The van der Waals surface area contributed by atoms with Gasteiger partial charge in [0, 0.05) is 12.6 Å². The second-order valence-electron chi connectivity index (χ2n) is 3.41. The van der Waals surface area contributed by atoms with Crippen molar-refractivity contribution in [2.45, 2.75) is 12.5 Å². The van der Waals surface area contributed by atoms with E-state index in [-0.39, 0.29) is 12.2 Å². The van der Waals surface area contributed by atoms with Crippen molar-refractivity contribution < 1.29 is 32.5 Å². The normalized spacial score (nSPS) is 13.2. The summed E-state index contributed by atoms with van der Waals surface area (Å²) in [7, 11) is 0. The summed E-state index contributed by atoms with van der Waals surface area (Å²) >= 11 is 0. The van der Waals surface area contributed by atoms with E-state index in [1.54, 1.807) is 0 Å². The summed E-state index contributed by atoms with van der Waals surface area (Å²) in [5.41, 5.74) is -0.1000. The Labute approximate surface area is 99.8 Å². The summed E-state index contributed by atoms with van der Waals surface area (Å²) < 4.78 is 52.4. The Morgan fingerprint density at radius 3 is 2.50 bits per heavy atom. The minimum absolute atomic E-state index is 0.1000. The molecule has 1 rings (SSSR count). The van der Waals surface area contributed by atoms with Crippen molar-refractivity contribution in [3.8, 4) is 5.75 Å². The number of aliphatic hydroxyl groups is 2. The van der Waals surface area contributed by atoms with Gasteiger partial charge in [0.1, 0.15) is 11.6 Å². The van der Waals surface area contributed by atoms with Crippen molar-refractivity contribution in [3.63, 3.8) is 0 Å². The molecule has 0 aliphatic rings. The van der Waals surface area contributed by atoms with Gasteiger partial charge in [-0.05, 0) is 12.1 Å². The standard InChI is InChI=1S/C10H11F4NO3/c11-8-3-7(18-10(12,13)14)1-2-9(8)15-4-6(17)5-16/h1-3,6,15-17H,4-5H2. The van der Waals surface area contributed by atoms with Crippen LogP contribution in [0.25, 0.3) is 0 Å². The number of halogens is 4. The Kier molecular flexibility index (Phi) is 4.74. The van der Waals surface area contributed by atoms with Crippen LogP contribution in [-0.2, 0) is 0 Å². The van der Waals surface area contributed by atoms with Crippen LogP contribution in [0.1, 0.15) is 0 Å². The van der Waals surface area contributed by atoms with Gasteiger partial charge < -0.3 is 20.3 Å². The molecule has 0 aliphatic heterocycles. The first-order valence-corrected chi connectivity index (χ1v) is 4.90. The number of alkyl halides is 3. The fourth-order valence-corrected chi connectivity index (χ4v) is 1.13. The van der Waals surface area contributed by atoms with Crippen molar-refractivity contribution in [2.75, 3.05) is 18.5 Å². The molecule has 1 unspecified atom stereocenters. The van der Waals surface area contributed by atoms with Crippen molar-refractivity contribution in [2.24, 2.45) is 0 Å². The van der Waals surface area contributed by atoms with Crippen molar-refractivity contribution >= 4 is 5.69 Å². The maximum Gasteiger partial charge on any atom is 0.573 e. The van der Waals surface area contributed by atoms with Crippen LogP contribution in [-0.4, -0.2) is 35.8 Å². The quantitative estimate of drug-likeness (QED) is 0.709. The summed E-state index contributed by atoms with van der Waals surface area (Å²) in [6.07, 6.45) is -5.97. The summed E-state index contributed by atoms with van der Waals surface area (Å²) in [5.74, 6) is -1.63. The molecule has 0 bridgehead atoms. The van der Waals surface area contributed by atoms with Gasteiger partial charge in [-0.25, -0.2) is 4.39 Å². The Morgan fingerprint density at radius 2 is 2.00 bits per heavy atom. The van der Waals surface area contributed by atoms with Gasteiger partial charge in [0.25, 0.3) is 0 Å². The highest BCUT2D eigenvalue weighted by molar-refractivity contribution is 5.48. The molecule has 102 valence electrons. The Hall–Kier alpha value is -1.54. The third-order valence-electron chi connectivity index (χ3n) is 1.91. The van der Waals surface area contributed by atoms with Crippen molar-refractivity contribution in [1.82, 2.24) is 0 Å². The monoisotopic (exact) mass is 269 g/mol. The zero-order chi connectivity index (χ0) is 13.8. The van der Waals surface area contributed by atoms with Crippen LogP contribution < -0.4 is 10.1 Å². The molecule has 0 heterocycles. The van der Waals surface area contributed by atoms with Gasteiger partial charge in [0.2, 0.25) is 0 Å². The highest BCUT2D eigenvalue weighted by Gasteiger charge is 2.31. The molecule has 18 heavy (non-hydrogen) atoms. The smallest absolute Gasteiger partial charge is 0.406 e. The minimum atomic E-state index is -4.88. The first kappa shape index (κ1) is 14.5. The van der Waals surface area contributed by atoms with E-state index >= 15 is 0 Å². The number of hydrogen-bond donors (Lipinski definition) is 3. The summed E-state index contributed by atoms with van der Waals surface area (Å²) in [6.45, 7) is -0.642. The molecule has 0 saturated heterocycles. The van der Waals surface area contributed by atoms with E-state index in [1.807, 2.05) is 0 Å². The van der Waals surface area contributed by atoms with Crippen LogP contribution in [0.3, 0.4) is 0 Å². The van der Waals surface area contributed by atoms with Gasteiger partial charge in [0.15, 0.2) is 0 Å². The van der Waals surface area contributed by atoms with Gasteiger partial charge in [-0.2, -0.15) is 0 Å². The molecule has 0 amide bonds. The fourth-order valence-electron chi connectivity index (χ4n) is 1.13. The van der Waals surface area contributed by atoms with E-state index in [9.17, 15) is 17.6 Å². The predicted octanol–water partition coefficient (Wildman–Crippen LogP) is 1.49. The topological polar surface area (TPSA) is 61.7 Å². The number of aliphatic hydroxyl groups excluding tert-OH is 2. The molecule has 8 heteroatoms. The molecule has 0 spiro atoms. The molecule has 0 saturated carbocycles. The van der Waals surface area contributed by atoms with Crippen molar-refractivity contribution in [3.05, 3.63) is 24.0 Å². The predicted molar refractivity (Wildman–Crippen MR) is 54.7 cm³/mol. The van der Waals surface area contributed by atoms with E-state index in [4.69, 9.17) is 10.2 Å². The SMILES string of the molecule is OCC(O)CNc1ccc(OC(F)(F)F)cc1F. The largest absolute Gasteiger partial charge is 0.573 e. The van der Waals surface area contributed by atoms with Crippen LogP contribution in [0.2, 0.25) is 0 Å². The molecule has 3 N–H and O–H groups in total. The average Bonchev–Trinajstić information content (AvgIpc) is 2.25. The number of rotatable bonds is 5. The third kappa shape index (κ3) is 4.76. The zero-order valence-electron chi connectivity index (χ0n) is 9.04. The van der Waals surface area contributed by atoms with Gasteiger partial charge in [0.05, 0.1) is 18.4 Å². The second-order valence-corrected chi connectivity index (χ2v) is 3.41. The fraction of sp³-hybridized carbons (Fsp3) is 0.400. The molecule has 0 aliphatic carbocycles. The Morgan fingerprint density at radius 1 is 1.33 bits per heavy atom. The van der Waals surface area contributed by atoms with E-state index in [1.165, 1.54) is 0 Å². The summed E-state index contributed by atoms with van der Waals surface area (Å²) in [6, 6.07) is 2.55. The van der Waals surface area contributed by atoms with E-state index in [0.717, 1.165) is 12.1 Å². The zero-order valence-corrected chi connectivity index (χ0v) is 9.04. The van der Waals surface area contributed by atoms with Gasteiger partial charge >= 0.3 is 6.36 Å². The van der Waals surface area contributed by atoms with Crippen molar-refractivity contribution in [1.29, 1.82) is 0 Å². The third-order valence-corrected chi connectivity index (χ3v) is 1.91. The molecule has 0 radical (unpaired) electrons. The molecule has 1 aromatic rings. The first-order valence-electron chi connectivity index (χ1n) is 4.90. The first-order chi connectivity index (χ1) is 8.31. The molecule has 1 aromatic carbocycles. The maximum atomic E-state index is 13.3. The second kappa shape index (κ2) is 5.87. The molecule has 1 atom stereocenters. The summed E-state index contributed by atoms with van der Waals surface area (Å²) in [4.78, 5) is 0. The lowest BCUT2D eigenvalue weighted by Crippen LogP contribution is -2.23. The van der Waals surface area contributed by atoms with Crippen LogP contribution in [0.15, 0.2) is 18.2 Å². The van der Waals surface area contributed by atoms with E-state index in [0.29, 0.717) is 6.07 Å². The van der Waals surface area contributed by atoms with Crippen LogP contribution >= 0.6 is 0 Å². The number of hydrogen-bond acceptors (Lipinski definition) is 4. The molecular formula is C10H11F4NO3. The Balaban J connectivity index is 2.68. The molecular weight excluding hydrogens is 258 g/mol. The van der Waals surface area contributed by atoms with Gasteiger partial charge in [-0.3, -0.25) is 0 Å². The molecule has 4 nitrogen and oxygen atoms in total. The minimum Gasteiger partial charge on any atom is -0.406 e.